The molecule has 2 rings (SSSR count). The highest BCUT2D eigenvalue weighted by atomic mass is 19.1. The summed E-state index contributed by atoms with van der Waals surface area (Å²) in [6.45, 7) is 6.56. The van der Waals surface area contributed by atoms with E-state index in [2.05, 4.69) is 18.7 Å². The highest BCUT2D eigenvalue weighted by molar-refractivity contribution is 5.19. The van der Waals surface area contributed by atoms with Crippen molar-refractivity contribution in [2.45, 2.75) is 38.6 Å². The summed E-state index contributed by atoms with van der Waals surface area (Å²) in [5.74, 6) is 0.646. The van der Waals surface area contributed by atoms with Gasteiger partial charge in [-0.2, -0.15) is 0 Å². The molecule has 0 amide bonds. The Morgan fingerprint density at radius 2 is 2.31 bits per heavy atom. The van der Waals surface area contributed by atoms with E-state index in [1.807, 2.05) is 0 Å². The largest absolute Gasteiger partial charge is 0.293 e. The van der Waals surface area contributed by atoms with E-state index in [0.29, 0.717) is 11.5 Å². The van der Waals surface area contributed by atoms with Gasteiger partial charge in [-0.25, -0.2) is 4.39 Å². The molecule has 2 aliphatic heterocycles. The maximum atomic E-state index is 12.5. The van der Waals surface area contributed by atoms with Crippen LogP contribution in [-0.2, 0) is 0 Å². The van der Waals surface area contributed by atoms with Crippen LogP contribution in [0.3, 0.4) is 0 Å². The van der Waals surface area contributed by atoms with Gasteiger partial charge in [-0.3, -0.25) is 4.90 Å². The van der Waals surface area contributed by atoms with Crippen LogP contribution < -0.4 is 0 Å². The monoisotopic (exact) mass is 183 g/mol. The van der Waals surface area contributed by atoms with E-state index in [1.54, 1.807) is 0 Å². The second-order valence-corrected chi connectivity index (χ2v) is 4.73. The highest BCUT2D eigenvalue weighted by Gasteiger charge is 2.48. The molecule has 1 atom stereocenters. The molecule has 74 valence electrons. The highest BCUT2D eigenvalue weighted by Crippen LogP contribution is 2.45. The van der Waals surface area contributed by atoms with Gasteiger partial charge in [0.15, 0.2) is 0 Å². The predicted octanol–water partition coefficient (Wildman–Crippen LogP) is 2.73. The first-order valence-electron chi connectivity index (χ1n) is 5.22. The maximum Gasteiger partial charge on any atom is 0.0872 e. The van der Waals surface area contributed by atoms with Gasteiger partial charge in [0.1, 0.15) is 0 Å². The molecule has 0 saturated carbocycles. The van der Waals surface area contributed by atoms with Gasteiger partial charge in [0, 0.05) is 12.1 Å². The third-order valence-corrected chi connectivity index (χ3v) is 3.82. The van der Waals surface area contributed by atoms with Crippen molar-refractivity contribution in [2.24, 2.45) is 5.92 Å². The summed E-state index contributed by atoms with van der Waals surface area (Å²) >= 11 is 0. The van der Waals surface area contributed by atoms with Gasteiger partial charge in [0.2, 0.25) is 0 Å². The molecular formula is C11H18FN. The third-order valence-electron chi connectivity index (χ3n) is 3.82. The molecule has 2 heteroatoms. The maximum absolute atomic E-state index is 12.5. The minimum atomic E-state index is 0.303. The average Bonchev–Trinajstić information content (AvgIpc) is 2.58. The molecule has 1 nitrogen and oxygen atoms in total. The Hall–Kier alpha value is -0.370. The van der Waals surface area contributed by atoms with E-state index < -0.39 is 0 Å². The number of fused-ring (bicyclic) bond motifs is 1. The second-order valence-electron chi connectivity index (χ2n) is 4.73. The minimum absolute atomic E-state index is 0.303. The SMILES string of the molecule is CC(C)C12CCCN1C/C(=C\F)C2. The van der Waals surface area contributed by atoms with Gasteiger partial charge in [0.05, 0.1) is 6.33 Å². The first-order chi connectivity index (χ1) is 6.19. The van der Waals surface area contributed by atoms with Gasteiger partial charge < -0.3 is 0 Å². The van der Waals surface area contributed by atoms with Crippen LogP contribution in [0.4, 0.5) is 4.39 Å². The molecule has 2 heterocycles. The zero-order chi connectivity index (χ0) is 9.47. The number of hydrogen-bond donors (Lipinski definition) is 0. The molecule has 2 fully saturated rings. The average molecular weight is 183 g/mol. The van der Waals surface area contributed by atoms with Crippen LogP contribution in [0.5, 0.6) is 0 Å². The molecule has 2 saturated heterocycles. The Morgan fingerprint density at radius 1 is 1.54 bits per heavy atom. The summed E-state index contributed by atoms with van der Waals surface area (Å²) in [4.78, 5) is 2.48. The predicted molar refractivity (Wildman–Crippen MR) is 52.2 cm³/mol. The van der Waals surface area contributed by atoms with Crippen LogP contribution in [0.25, 0.3) is 0 Å². The summed E-state index contributed by atoms with van der Waals surface area (Å²) in [6.07, 6.45) is 4.32. The van der Waals surface area contributed by atoms with Crippen molar-refractivity contribution < 1.29 is 4.39 Å². The van der Waals surface area contributed by atoms with Crippen molar-refractivity contribution in [3.8, 4) is 0 Å². The van der Waals surface area contributed by atoms with Crippen LogP contribution in [-0.4, -0.2) is 23.5 Å². The van der Waals surface area contributed by atoms with Crippen LogP contribution in [0, 0.1) is 5.92 Å². The quantitative estimate of drug-likeness (QED) is 0.604. The molecule has 0 spiro atoms. The van der Waals surface area contributed by atoms with Gasteiger partial charge in [-0.15, -0.1) is 0 Å². The Morgan fingerprint density at radius 3 is 2.85 bits per heavy atom. The topological polar surface area (TPSA) is 3.24 Å². The lowest BCUT2D eigenvalue weighted by Gasteiger charge is -2.35. The van der Waals surface area contributed by atoms with Gasteiger partial charge >= 0.3 is 0 Å². The first kappa shape index (κ1) is 9.20. The van der Waals surface area contributed by atoms with Crippen LogP contribution in [0.15, 0.2) is 11.9 Å². The molecule has 0 radical (unpaired) electrons. The van der Waals surface area contributed by atoms with E-state index >= 15 is 0 Å². The fraction of sp³-hybridized carbons (Fsp3) is 0.818. The standard InChI is InChI=1S/C11H18FN/c1-9(2)11-4-3-5-13(11)8-10(6-11)7-12/h7,9H,3-6,8H2,1-2H3/b10-7-. The van der Waals surface area contributed by atoms with Crippen LogP contribution in [0.1, 0.15) is 33.1 Å². The third kappa shape index (κ3) is 1.23. The fourth-order valence-electron chi connectivity index (χ4n) is 3.02. The molecule has 0 aromatic rings. The van der Waals surface area contributed by atoms with Gasteiger partial charge in [-0.05, 0) is 37.3 Å². The van der Waals surface area contributed by atoms with Crippen LogP contribution in [0.2, 0.25) is 0 Å². The van der Waals surface area contributed by atoms with Crippen molar-refractivity contribution in [2.75, 3.05) is 13.1 Å². The smallest absolute Gasteiger partial charge is 0.0872 e. The van der Waals surface area contributed by atoms with E-state index in [0.717, 1.165) is 31.4 Å². The summed E-state index contributed by atoms with van der Waals surface area (Å²) in [5.41, 5.74) is 1.30. The normalized spacial score (nSPS) is 37.7. The van der Waals surface area contributed by atoms with Crippen molar-refractivity contribution in [1.29, 1.82) is 0 Å². The fourth-order valence-corrected chi connectivity index (χ4v) is 3.02. The number of rotatable bonds is 1. The summed E-state index contributed by atoms with van der Waals surface area (Å²) in [6, 6.07) is 0. The first-order valence-corrected chi connectivity index (χ1v) is 5.22. The van der Waals surface area contributed by atoms with E-state index in [9.17, 15) is 4.39 Å². The Bertz CT molecular complexity index is 234. The molecule has 0 N–H and O–H groups in total. The molecule has 0 aromatic heterocycles. The molecule has 0 aliphatic carbocycles. The van der Waals surface area contributed by atoms with E-state index in [4.69, 9.17) is 0 Å². The van der Waals surface area contributed by atoms with Crippen LogP contribution >= 0.6 is 0 Å². The summed E-state index contributed by atoms with van der Waals surface area (Å²) < 4.78 is 12.5. The lowest BCUT2D eigenvalue weighted by atomic mass is 9.82. The van der Waals surface area contributed by atoms with E-state index in [-0.39, 0.29) is 0 Å². The molecule has 13 heavy (non-hydrogen) atoms. The number of halogens is 1. The van der Waals surface area contributed by atoms with Crippen molar-refractivity contribution in [1.82, 2.24) is 4.90 Å². The lowest BCUT2D eigenvalue weighted by Crippen LogP contribution is -2.42. The van der Waals surface area contributed by atoms with Crippen molar-refractivity contribution in [3.05, 3.63) is 11.9 Å². The summed E-state index contributed by atoms with van der Waals surface area (Å²) in [7, 11) is 0. The molecule has 0 aromatic carbocycles. The van der Waals surface area contributed by atoms with Gasteiger partial charge in [-0.1, -0.05) is 13.8 Å². The molecular weight excluding hydrogens is 165 g/mol. The minimum Gasteiger partial charge on any atom is -0.293 e. The zero-order valence-corrected chi connectivity index (χ0v) is 8.52. The lowest BCUT2D eigenvalue weighted by molar-refractivity contribution is 0.136. The number of hydrogen-bond acceptors (Lipinski definition) is 1. The van der Waals surface area contributed by atoms with Crippen molar-refractivity contribution in [3.63, 3.8) is 0 Å². The second kappa shape index (κ2) is 3.09. The van der Waals surface area contributed by atoms with Crippen molar-refractivity contribution >= 4 is 0 Å². The molecule has 2 aliphatic rings. The number of nitrogens with zero attached hydrogens (tertiary/aromatic N) is 1. The Kier molecular flexibility index (Phi) is 2.18. The zero-order valence-electron chi connectivity index (χ0n) is 8.52. The molecule has 1 unspecified atom stereocenters. The summed E-state index contributed by atoms with van der Waals surface area (Å²) in [5, 5.41) is 0. The van der Waals surface area contributed by atoms with E-state index in [1.165, 1.54) is 12.8 Å². The van der Waals surface area contributed by atoms with Gasteiger partial charge in [0.25, 0.3) is 0 Å². The Balaban J connectivity index is 2.25. The Labute approximate surface area is 79.6 Å². The molecule has 0 bridgehead atoms.